The van der Waals surface area contributed by atoms with Crippen molar-refractivity contribution in [3.8, 4) is 5.75 Å². The van der Waals surface area contributed by atoms with Crippen LogP contribution in [0, 0.1) is 0 Å². The number of nitrogens with zero attached hydrogens (tertiary/aromatic N) is 6. The summed E-state index contributed by atoms with van der Waals surface area (Å²) in [5, 5.41) is 2.78. The predicted octanol–water partition coefficient (Wildman–Crippen LogP) is 3.14. The van der Waals surface area contributed by atoms with E-state index in [-0.39, 0.29) is 18.4 Å². The summed E-state index contributed by atoms with van der Waals surface area (Å²) in [4.78, 5) is 54.0. The van der Waals surface area contributed by atoms with Gasteiger partial charge in [0, 0.05) is 37.8 Å². The minimum absolute atomic E-state index is 0.128. The highest BCUT2D eigenvalue weighted by Gasteiger charge is 2.33. The van der Waals surface area contributed by atoms with Gasteiger partial charge in [0.1, 0.15) is 35.8 Å². The number of benzene rings is 1. The lowest BCUT2D eigenvalue weighted by Crippen LogP contribution is -2.51. The SMILES string of the molecule is CC(C)(C)OC(=O)N[C@@H](Cc1c[nH]cn1)C(=O)N1CCc2cccc(OC[C@H]3CCCN3c3ncnc4[nH]cnc34)c2C1. The molecular formula is C30H37N9O4. The van der Waals surface area contributed by atoms with Gasteiger partial charge in [-0.25, -0.2) is 24.7 Å². The topological polar surface area (TPSA) is 154 Å². The van der Waals surface area contributed by atoms with Crippen LogP contribution in [0.2, 0.25) is 0 Å². The Morgan fingerprint density at radius 1 is 1.14 bits per heavy atom. The number of nitrogens with one attached hydrogen (secondary N) is 3. The summed E-state index contributed by atoms with van der Waals surface area (Å²) < 4.78 is 11.9. The average molecular weight is 588 g/mol. The molecule has 43 heavy (non-hydrogen) atoms. The first-order valence-corrected chi connectivity index (χ1v) is 14.7. The monoisotopic (exact) mass is 587 g/mol. The molecule has 0 spiro atoms. The third-order valence-electron chi connectivity index (χ3n) is 7.78. The predicted molar refractivity (Wildman–Crippen MR) is 159 cm³/mol. The molecule has 3 N–H and O–H groups in total. The van der Waals surface area contributed by atoms with Gasteiger partial charge in [0.2, 0.25) is 5.91 Å². The Bertz CT molecular complexity index is 1580. The van der Waals surface area contributed by atoms with Crippen LogP contribution in [-0.2, 0) is 28.9 Å². The van der Waals surface area contributed by atoms with E-state index in [4.69, 9.17) is 9.47 Å². The molecule has 13 heteroatoms. The highest BCUT2D eigenvalue weighted by molar-refractivity contribution is 5.86. The van der Waals surface area contributed by atoms with Crippen LogP contribution in [0.1, 0.15) is 50.4 Å². The number of hydrogen-bond donors (Lipinski definition) is 3. The molecule has 0 saturated carbocycles. The fourth-order valence-corrected chi connectivity index (χ4v) is 5.79. The van der Waals surface area contributed by atoms with Crippen LogP contribution in [0.15, 0.2) is 43.4 Å². The molecule has 1 saturated heterocycles. The van der Waals surface area contributed by atoms with Crippen LogP contribution in [0.4, 0.5) is 10.6 Å². The van der Waals surface area contributed by atoms with E-state index in [1.54, 1.807) is 50.8 Å². The van der Waals surface area contributed by atoms with Gasteiger partial charge in [-0.15, -0.1) is 0 Å². The fraction of sp³-hybridized carbons (Fsp3) is 0.467. The molecule has 3 aromatic heterocycles. The first kappa shape index (κ1) is 28.4. The molecule has 0 aliphatic carbocycles. The van der Waals surface area contributed by atoms with Crippen molar-refractivity contribution in [3.05, 3.63) is 60.2 Å². The number of hydrogen-bond acceptors (Lipinski definition) is 9. The fourth-order valence-electron chi connectivity index (χ4n) is 5.79. The van der Waals surface area contributed by atoms with Crippen LogP contribution >= 0.6 is 0 Å². The number of ether oxygens (including phenoxy) is 2. The zero-order valence-corrected chi connectivity index (χ0v) is 24.7. The molecule has 4 aromatic rings. The molecule has 0 bridgehead atoms. The molecule has 5 heterocycles. The number of imidazole rings is 2. The molecule has 13 nitrogen and oxygen atoms in total. The van der Waals surface area contributed by atoms with Crippen LogP contribution in [0.25, 0.3) is 11.2 Å². The number of aromatic amines is 2. The minimum atomic E-state index is -0.827. The van der Waals surface area contributed by atoms with E-state index in [0.29, 0.717) is 37.5 Å². The quantitative estimate of drug-likeness (QED) is 0.282. The average Bonchev–Trinajstić information content (AvgIpc) is 3.76. The number of H-pyrrole nitrogens is 2. The highest BCUT2D eigenvalue weighted by Crippen LogP contribution is 2.32. The molecule has 6 rings (SSSR count). The van der Waals surface area contributed by atoms with Gasteiger partial charge < -0.3 is 34.6 Å². The number of anilines is 1. The number of carbonyl (C=O) groups excluding carboxylic acids is 2. The van der Waals surface area contributed by atoms with Crippen LogP contribution < -0.4 is 15.0 Å². The molecule has 1 fully saturated rings. The van der Waals surface area contributed by atoms with E-state index < -0.39 is 17.7 Å². The summed E-state index contributed by atoms with van der Waals surface area (Å²) >= 11 is 0. The smallest absolute Gasteiger partial charge is 0.408 e. The zero-order chi connectivity index (χ0) is 30.0. The molecule has 0 unspecified atom stereocenters. The highest BCUT2D eigenvalue weighted by atomic mass is 16.6. The molecule has 1 aromatic carbocycles. The molecule has 2 amide bonds. The Morgan fingerprint density at radius 2 is 2.02 bits per heavy atom. The number of carbonyl (C=O) groups is 2. The van der Waals surface area contributed by atoms with Gasteiger partial charge in [-0.3, -0.25) is 4.79 Å². The van der Waals surface area contributed by atoms with Gasteiger partial charge in [0.05, 0.1) is 24.4 Å². The van der Waals surface area contributed by atoms with Gasteiger partial charge in [0.15, 0.2) is 11.5 Å². The zero-order valence-electron chi connectivity index (χ0n) is 24.7. The first-order valence-electron chi connectivity index (χ1n) is 14.7. The molecular weight excluding hydrogens is 550 g/mol. The Labute approximate surface area is 249 Å². The Morgan fingerprint density at radius 3 is 2.84 bits per heavy atom. The van der Waals surface area contributed by atoms with Crippen molar-refractivity contribution in [1.29, 1.82) is 0 Å². The summed E-state index contributed by atoms with van der Waals surface area (Å²) in [6.45, 7) is 7.62. The third kappa shape index (κ3) is 6.40. The second-order valence-corrected chi connectivity index (χ2v) is 12.0. The van der Waals surface area contributed by atoms with Crippen LogP contribution in [0.5, 0.6) is 5.75 Å². The Balaban J connectivity index is 1.16. The lowest BCUT2D eigenvalue weighted by Gasteiger charge is -2.33. The molecule has 2 aliphatic heterocycles. The summed E-state index contributed by atoms with van der Waals surface area (Å²) in [6, 6.07) is 5.35. The van der Waals surface area contributed by atoms with Crippen molar-refractivity contribution in [2.75, 3.05) is 24.6 Å². The van der Waals surface area contributed by atoms with E-state index in [2.05, 4.69) is 46.2 Å². The van der Waals surface area contributed by atoms with Gasteiger partial charge >= 0.3 is 6.09 Å². The Kier molecular flexibility index (Phi) is 7.87. The summed E-state index contributed by atoms with van der Waals surface area (Å²) in [7, 11) is 0. The van der Waals surface area contributed by atoms with E-state index in [0.717, 1.165) is 47.6 Å². The summed E-state index contributed by atoms with van der Waals surface area (Å²) in [5.74, 6) is 1.38. The first-order chi connectivity index (χ1) is 20.7. The lowest BCUT2D eigenvalue weighted by molar-refractivity contribution is -0.134. The van der Waals surface area contributed by atoms with Crippen molar-refractivity contribution in [2.45, 2.75) is 70.7 Å². The van der Waals surface area contributed by atoms with Gasteiger partial charge in [-0.1, -0.05) is 12.1 Å². The van der Waals surface area contributed by atoms with Crippen molar-refractivity contribution in [3.63, 3.8) is 0 Å². The Hall–Kier alpha value is -4.68. The lowest BCUT2D eigenvalue weighted by atomic mass is 9.97. The van der Waals surface area contributed by atoms with E-state index in [1.807, 2.05) is 12.1 Å². The van der Waals surface area contributed by atoms with E-state index in [1.165, 1.54) is 0 Å². The number of fused-ring (bicyclic) bond motifs is 2. The molecule has 0 radical (unpaired) electrons. The van der Waals surface area contributed by atoms with E-state index >= 15 is 0 Å². The molecule has 226 valence electrons. The number of alkyl carbamates (subject to hydrolysis) is 1. The molecule has 2 atom stereocenters. The molecule has 2 aliphatic rings. The van der Waals surface area contributed by atoms with Crippen LogP contribution in [0.3, 0.4) is 0 Å². The minimum Gasteiger partial charge on any atom is -0.491 e. The van der Waals surface area contributed by atoms with Gasteiger partial charge in [0.25, 0.3) is 0 Å². The van der Waals surface area contributed by atoms with Crippen LogP contribution in [-0.4, -0.2) is 84.2 Å². The largest absolute Gasteiger partial charge is 0.491 e. The number of aromatic nitrogens is 6. The second kappa shape index (κ2) is 11.9. The number of amides is 2. The van der Waals surface area contributed by atoms with Crippen molar-refractivity contribution in [2.24, 2.45) is 0 Å². The van der Waals surface area contributed by atoms with Crippen molar-refractivity contribution < 1.29 is 19.1 Å². The van der Waals surface area contributed by atoms with Crippen molar-refractivity contribution >= 4 is 29.0 Å². The second-order valence-electron chi connectivity index (χ2n) is 12.0. The number of rotatable bonds is 8. The van der Waals surface area contributed by atoms with Gasteiger partial charge in [-0.2, -0.15) is 0 Å². The van der Waals surface area contributed by atoms with Gasteiger partial charge in [-0.05, 0) is 51.7 Å². The third-order valence-corrected chi connectivity index (χ3v) is 7.78. The maximum Gasteiger partial charge on any atom is 0.408 e. The van der Waals surface area contributed by atoms with Crippen molar-refractivity contribution in [1.82, 2.24) is 40.1 Å². The maximum atomic E-state index is 13.8. The van der Waals surface area contributed by atoms with E-state index in [9.17, 15) is 9.59 Å². The standard InChI is InChI=1S/C30H37N9O4/c1-30(2,3)43-29(41)37-23(12-20-13-31-16-32-20)28(40)38-11-9-19-6-4-8-24(22(19)14-38)42-15-21-7-5-10-39(21)27-25-26(34-17-33-25)35-18-36-27/h4,6,8,13,16-18,21,23H,5,7,9-12,14-15H2,1-3H3,(H,31,32)(H,37,41)(H,33,34,35,36)/t21-,23+/m1/s1. The normalized spacial score (nSPS) is 17.5. The summed E-state index contributed by atoms with van der Waals surface area (Å²) in [6.07, 6.45) is 8.76. The maximum absolute atomic E-state index is 13.8. The summed E-state index contributed by atoms with van der Waals surface area (Å²) in [5.41, 5.74) is 3.59.